The van der Waals surface area contributed by atoms with E-state index in [1.807, 2.05) is 23.1 Å². The number of para-hydroxylation sites is 1. The zero-order valence-electron chi connectivity index (χ0n) is 17.0. The van der Waals surface area contributed by atoms with Gasteiger partial charge in [0.15, 0.2) is 0 Å². The average Bonchev–Trinajstić information content (AvgIpc) is 2.74. The van der Waals surface area contributed by atoms with Gasteiger partial charge in [-0.2, -0.15) is 0 Å². The van der Waals surface area contributed by atoms with Gasteiger partial charge in [-0.05, 0) is 30.2 Å². The summed E-state index contributed by atoms with van der Waals surface area (Å²) in [4.78, 5) is 32.8. The van der Waals surface area contributed by atoms with E-state index < -0.39 is 0 Å². The van der Waals surface area contributed by atoms with Crippen molar-refractivity contribution in [2.75, 3.05) is 27.2 Å². The fourth-order valence-electron chi connectivity index (χ4n) is 4.42. The third kappa shape index (κ3) is 3.97. The van der Waals surface area contributed by atoms with Crippen LogP contribution in [-0.4, -0.2) is 59.4 Å². The van der Waals surface area contributed by atoms with Gasteiger partial charge in [-0.3, -0.25) is 14.6 Å². The van der Waals surface area contributed by atoms with E-state index in [0.717, 1.165) is 30.6 Å². The van der Waals surface area contributed by atoms with Gasteiger partial charge in [0.1, 0.15) is 11.4 Å². The molecule has 2 aromatic rings. The molecule has 0 aliphatic carbocycles. The molecule has 3 heterocycles. The lowest BCUT2D eigenvalue weighted by Gasteiger charge is -2.47. The molecule has 6 heteroatoms. The van der Waals surface area contributed by atoms with Gasteiger partial charge in [0, 0.05) is 64.8 Å². The summed E-state index contributed by atoms with van der Waals surface area (Å²) in [6.07, 6.45) is 6.10. The van der Waals surface area contributed by atoms with Crippen LogP contribution in [0.3, 0.4) is 0 Å². The molecule has 1 unspecified atom stereocenters. The maximum Gasteiger partial charge on any atom is 0.255 e. The second-order valence-corrected chi connectivity index (χ2v) is 8.25. The highest BCUT2D eigenvalue weighted by atomic mass is 16.5. The molecular weight excluding hydrogens is 366 g/mol. The van der Waals surface area contributed by atoms with Crippen molar-refractivity contribution < 1.29 is 14.3 Å². The number of carbonyl (C=O) groups excluding carboxylic acids is 2. The van der Waals surface area contributed by atoms with E-state index in [4.69, 9.17) is 4.74 Å². The number of ether oxygens (including phenoxy) is 1. The molecule has 1 atom stereocenters. The molecule has 2 aliphatic heterocycles. The first kappa shape index (κ1) is 19.4. The van der Waals surface area contributed by atoms with Gasteiger partial charge in [0.05, 0.1) is 5.56 Å². The molecule has 1 fully saturated rings. The van der Waals surface area contributed by atoms with Gasteiger partial charge in [-0.1, -0.05) is 18.2 Å². The highest BCUT2D eigenvalue weighted by molar-refractivity contribution is 5.93. The Kier molecular flexibility index (Phi) is 5.26. The van der Waals surface area contributed by atoms with Crippen molar-refractivity contribution in [3.8, 4) is 5.75 Å². The molecule has 152 valence electrons. The molecule has 2 amide bonds. The Morgan fingerprint density at radius 3 is 2.62 bits per heavy atom. The quantitative estimate of drug-likeness (QED) is 0.804. The smallest absolute Gasteiger partial charge is 0.255 e. The number of likely N-dealkylation sites (tertiary alicyclic amines) is 1. The van der Waals surface area contributed by atoms with Gasteiger partial charge in [0.2, 0.25) is 5.91 Å². The number of pyridine rings is 1. The Bertz CT molecular complexity index is 889. The highest BCUT2D eigenvalue weighted by Gasteiger charge is 2.44. The van der Waals surface area contributed by atoms with Crippen molar-refractivity contribution in [1.82, 2.24) is 14.8 Å². The van der Waals surface area contributed by atoms with Crippen molar-refractivity contribution in [3.05, 3.63) is 59.9 Å². The molecule has 1 aromatic heterocycles. The number of nitrogens with zero attached hydrogens (tertiary/aromatic N) is 3. The van der Waals surface area contributed by atoms with Crippen LogP contribution in [0.1, 0.15) is 47.5 Å². The number of fused-ring (bicyclic) bond motifs is 1. The van der Waals surface area contributed by atoms with E-state index in [1.165, 1.54) is 0 Å². The lowest BCUT2D eigenvalue weighted by molar-refractivity contribution is -0.129. The maximum atomic E-state index is 12.7. The first-order valence-electron chi connectivity index (χ1n) is 10.1. The van der Waals surface area contributed by atoms with Crippen molar-refractivity contribution in [2.24, 2.45) is 0 Å². The molecule has 0 bridgehead atoms. The predicted molar refractivity (Wildman–Crippen MR) is 110 cm³/mol. The third-order valence-electron chi connectivity index (χ3n) is 6.09. The fraction of sp³-hybridized carbons (Fsp3) is 0.435. The topological polar surface area (TPSA) is 62.7 Å². The van der Waals surface area contributed by atoms with Crippen LogP contribution in [0.2, 0.25) is 0 Å². The van der Waals surface area contributed by atoms with E-state index in [-0.39, 0.29) is 23.3 Å². The number of carbonyl (C=O) groups is 2. The Morgan fingerprint density at radius 2 is 1.93 bits per heavy atom. The predicted octanol–water partition coefficient (Wildman–Crippen LogP) is 3.10. The minimum absolute atomic E-state index is 0.0171. The Labute approximate surface area is 171 Å². The van der Waals surface area contributed by atoms with E-state index in [9.17, 15) is 9.59 Å². The van der Waals surface area contributed by atoms with Gasteiger partial charge < -0.3 is 14.5 Å². The van der Waals surface area contributed by atoms with Gasteiger partial charge in [-0.25, -0.2) is 0 Å². The Morgan fingerprint density at radius 1 is 1.17 bits per heavy atom. The number of benzene rings is 1. The monoisotopic (exact) mass is 393 g/mol. The van der Waals surface area contributed by atoms with Crippen molar-refractivity contribution >= 4 is 11.8 Å². The second-order valence-electron chi connectivity index (χ2n) is 8.25. The largest absolute Gasteiger partial charge is 0.487 e. The molecular formula is C23H27N3O3. The molecule has 1 aromatic carbocycles. The minimum Gasteiger partial charge on any atom is -0.487 e. The number of hydrogen-bond donors (Lipinski definition) is 0. The second kappa shape index (κ2) is 7.85. The molecule has 6 nitrogen and oxygen atoms in total. The summed E-state index contributed by atoms with van der Waals surface area (Å²) in [7, 11) is 3.59. The zero-order chi connectivity index (χ0) is 20.4. The van der Waals surface area contributed by atoms with E-state index in [0.29, 0.717) is 25.1 Å². The van der Waals surface area contributed by atoms with E-state index in [1.54, 1.807) is 43.5 Å². The van der Waals surface area contributed by atoms with Crippen LogP contribution in [0.15, 0.2) is 48.8 Å². The average molecular weight is 393 g/mol. The standard InChI is InChI=1S/C23H27N3O3/c1-25(2)21(27)14-18-15-23(29-20-8-4-3-7-19(18)20)9-12-26(13-10-23)22(28)17-6-5-11-24-16-17/h3-8,11,16,18H,9-10,12-15H2,1-2H3. The summed E-state index contributed by atoms with van der Waals surface area (Å²) < 4.78 is 6.49. The number of rotatable bonds is 3. The molecule has 1 spiro atoms. The van der Waals surface area contributed by atoms with Crippen LogP contribution in [0, 0.1) is 0 Å². The summed E-state index contributed by atoms with van der Waals surface area (Å²) in [5.41, 5.74) is 1.41. The molecule has 4 rings (SSSR count). The molecule has 2 aliphatic rings. The summed E-state index contributed by atoms with van der Waals surface area (Å²) in [5.74, 6) is 1.16. The first-order chi connectivity index (χ1) is 14.0. The van der Waals surface area contributed by atoms with Crippen LogP contribution in [0.4, 0.5) is 0 Å². The van der Waals surface area contributed by atoms with Gasteiger partial charge in [0.25, 0.3) is 5.91 Å². The lowest BCUT2D eigenvalue weighted by atomic mass is 9.76. The molecule has 0 N–H and O–H groups in total. The molecule has 1 saturated heterocycles. The van der Waals surface area contributed by atoms with Crippen molar-refractivity contribution in [3.63, 3.8) is 0 Å². The van der Waals surface area contributed by atoms with Crippen LogP contribution in [0.5, 0.6) is 5.75 Å². The number of piperidine rings is 1. The van der Waals surface area contributed by atoms with Crippen molar-refractivity contribution in [2.45, 2.75) is 37.2 Å². The summed E-state index contributed by atoms with van der Waals surface area (Å²) in [6, 6.07) is 11.6. The summed E-state index contributed by atoms with van der Waals surface area (Å²) in [6.45, 7) is 1.29. The first-order valence-corrected chi connectivity index (χ1v) is 10.1. The Hall–Kier alpha value is -2.89. The summed E-state index contributed by atoms with van der Waals surface area (Å²) >= 11 is 0. The van der Waals surface area contributed by atoms with E-state index >= 15 is 0 Å². The van der Waals surface area contributed by atoms with Crippen molar-refractivity contribution in [1.29, 1.82) is 0 Å². The molecule has 0 radical (unpaired) electrons. The minimum atomic E-state index is -0.322. The number of hydrogen-bond acceptors (Lipinski definition) is 4. The SMILES string of the molecule is CN(C)C(=O)CC1CC2(CCN(C(=O)c3cccnc3)CC2)Oc2ccccc21. The lowest BCUT2D eigenvalue weighted by Crippen LogP contribution is -2.52. The van der Waals surface area contributed by atoms with Crippen LogP contribution in [0.25, 0.3) is 0 Å². The fourth-order valence-corrected chi connectivity index (χ4v) is 4.42. The summed E-state index contributed by atoms with van der Waals surface area (Å²) in [5, 5.41) is 0. The maximum absolute atomic E-state index is 12.7. The number of amides is 2. The van der Waals surface area contributed by atoms with E-state index in [2.05, 4.69) is 11.1 Å². The number of aromatic nitrogens is 1. The third-order valence-corrected chi connectivity index (χ3v) is 6.09. The van der Waals surface area contributed by atoms with Gasteiger partial charge in [-0.15, -0.1) is 0 Å². The normalized spacial score (nSPS) is 19.9. The van der Waals surface area contributed by atoms with Crippen LogP contribution in [-0.2, 0) is 4.79 Å². The van der Waals surface area contributed by atoms with Crippen LogP contribution >= 0.6 is 0 Å². The van der Waals surface area contributed by atoms with Gasteiger partial charge >= 0.3 is 0 Å². The Balaban J connectivity index is 1.50. The van der Waals surface area contributed by atoms with Crippen LogP contribution < -0.4 is 4.74 Å². The zero-order valence-corrected chi connectivity index (χ0v) is 17.0. The molecule has 29 heavy (non-hydrogen) atoms. The molecule has 0 saturated carbocycles. The highest BCUT2D eigenvalue weighted by Crippen LogP contribution is 2.46.